The first-order chi connectivity index (χ1) is 16.1. The minimum Gasteiger partial charge on any atom is -0.489 e. The van der Waals surface area contributed by atoms with E-state index in [1.54, 1.807) is 0 Å². The molecule has 0 amide bonds. The van der Waals surface area contributed by atoms with E-state index >= 15 is 0 Å². The molecule has 0 unspecified atom stereocenters. The highest BCUT2D eigenvalue weighted by Gasteiger charge is 2.33. The van der Waals surface area contributed by atoms with Gasteiger partial charge in [0.25, 0.3) is 0 Å². The molecule has 1 saturated heterocycles. The van der Waals surface area contributed by atoms with Gasteiger partial charge in [-0.3, -0.25) is 4.90 Å². The van der Waals surface area contributed by atoms with Crippen molar-refractivity contribution in [2.24, 2.45) is 5.92 Å². The number of alkyl halides is 3. The van der Waals surface area contributed by atoms with Gasteiger partial charge in [-0.1, -0.05) is 29.8 Å². The van der Waals surface area contributed by atoms with Gasteiger partial charge in [0.1, 0.15) is 5.75 Å². The predicted octanol–water partition coefficient (Wildman–Crippen LogP) is 5.48. The van der Waals surface area contributed by atoms with Crippen molar-refractivity contribution in [2.45, 2.75) is 55.8 Å². The topological polar surface area (TPSA) is 58.6 Å². The van der Waals surface area contributed by atoms with Gasteiger partial charge in [-0.2, -0.15) is 13.2 Å². The van der Waals surface area contributed by atoms with Crippen LogP contribution in [0.1, 0.15) is 43.2 Å². The van der Waals surface area contributed by atoms with Gasteiger partial charge in [0.2, 0.25) is 10.0 Å². The van der Waals surface area contributed by atoms with Crippen LogP contribution >= 0.6 is 11.6 Å². The smallest absolute Gasteiger partial charge is 0.416 e. The van der Waals surface area contributed by atoms with E-state index in [9.17, 15) is 21.6 Å². The van der Waals surface area contributed by atoms with E-state index < -0.39 is 21.8 Å². The maximum Gasteiger partial charge on any atom is 0.416 e. The van der Waals surface area contributed by atoms with Crippen LogP contribution in [0.15, 0.2) is 47.4 Å². The second-order valence-corrected chi connectivity index (χ2v) is 11.1. The Bertz CT molecular complexity index is 1100. The molecule has 2 fully saturated rings. The van der Waals surface area contributed by atoms with Crippen LogP contribution in [0, 0.1) is 5.92 Å². The van der Waals surface area contributed by atoms with Crippen LogP contribution in [0.25, 0.3) is 0 Å². The van der Waals surface area contributed by atoms with Gasteiger partial charge in [-0.15, -0.1) is 0 Å². The number of hydrogen-bond donors (Lipinski definition) is 1. The molecule has 0 radical (unpaired) electrons. The Hall–Kier alpha value is -1.81. The van der Waals surface area contributed by atoms with Crippen molar-refractivity contribution in [1.82, 2.24) is 9.62 Å². The van der Waals surface area contributed by atoms with Crippen molar-refractivity contribution in [3.05, 3.63) is 58.6 Å². The number of hydrogen-bond acceptors (Lipinski definition) is 4. The Balaban J connectivity index is 1.23. The summed E-state index contributed by atoms with van der Waals surface area (Å²) in [6.07, 6.45) is -0.00909. The molecule has 10 heteroatoms. The Morgan fingerprint density at radius 1 is 1.09 bits per heavy atom. The molecule has 1 saturated carbocycles. The molecule has 2 aromatic rings. The summed E-state index contributed by atoms with van der Waals surface area (Å²) in [6, 6.07) is 9.59. The zero-order valence-corrected chi connectivity index (χ0v) is 20.2. The molecule has 2 aromatic carbocycles. The number of rotatable bonds is 9. The third-order valence-electron chi connectivity index (χ3n) is 6.44. The number of sulfonamides is 1. The van der Waals surface area contributed by atoms with Crippen LogP contribution in [-0.2, 0) is 22.7 Å². The van der Waals surface area contributed by atoms with E-state index in [0.29, 0.717) is 23.3 Å². The van der Waals surface area contributed by atoms with Crippen LogP contribution in [0.3, 0.4) is 0 Å². The summed E-state index contributed by atoms with van der Waals surface area (Å²) in [4.78, 5) is 1.99. The van der Waals surface area contributed by atoms with E-state index in [1.807, 2.05) is 18.2 Å². The lowest BCUT2D eigenvalue weighted by Gasteiger charge is -2.35. The quantitative estimate of drug-likeness (QED) is 0.479. The maximum atomic E-state index is 12.9. The first-order valence-corrected chi connectivity index (χ1v) is 13.3. The third-order valence-corrected chi connectivity index (χ3v) is 8.33. The van der Waals surface area contributed by atoms with Crippen molar-refractivity contribution >= 4 is 21.6 Å². The average Bonchev–Trinajstić information content (AvgIpc) is 3.27. The molecule has 186 valence electrons. The molecule has 1 heterocycles. The van der Waals surface area contributed by atoms with Gasteiger partial charge < -0.3 is 4.74 Å². The zero-order valence-electron chi connectivity index (χ0n) is 18.7. The van der Waals surface area contributed by atoms with E-state index in [-0.39, 0.29) is 23.5 Å². The van der Waals surface area contributed by atoms with E-state index in [2.05, 4.69) is 9.62 Å². The number of nitrogens with one attached hydrogen (secondary N) is 1. The largest absolute Gasteiger partial charge is 0.489 e. The Morgan fingerprint density at radius 2 is 1.79 bits per heavy atom. The fraction of sp³-hybridized carbons (Fsp3) is 0.500. The van der Waals surface area contributed by atoms with E-state index in [1.165, 1.54) is 12.8 Å². The summed E-state index contributed by atoms with van der Waals surface area (Å²) in [5, 5.41) is 0.645. The predicted molar refractivity (Wildman–Crippen MR) is 124 cm³/mol. The van der Waals surface area contributed by atoms with Crippen LogP contribution < -0.4 is 9.46 Å². The third kappa shape index (κ3) is 6.24. The maximum absolute atomic E-state index is 12.9. The molecule has 1 aliphatic heterocycles. The first-order valence-electron chi connectivity index (χ1n) is 11.4. The molecule has 0 bridgehead atoms. The van der Waals surface area contributed by atoms with Crippen LogP contribution in [0.4, 0.5) is 13.2 Å². The fourth-order valence-corrected chi connectivity index (χ4v) is 5.78. The van der Waals surface area contributed by atoms with Crippen molar-refractivity contribution < 1.29 is 26.3 Å². The molecule has 1 aliphatic carbocycles. The summed E-state index contributed by atoms with van der Waals surface area (Å²) in [5.74, 6) is 0.952. The van der Waals surface area contributed by atoms with Gasteiger partial charge in [-0.05, 0) is 80.9 Å². The summed E-state index contributed by atoms with van der Waals surface area (Å²) < 4.78 is 71.8. The van der Waals surface area contributed by atoms with Gasteiger partial charge in [0.05, 0.1) is 21.6 Å². The number of nitrogens with zero attached hydrogens (tertiary/aromatic N) is 1. The molecule has 34 heavy (non-hydrogen) atoms. The molecular weight excluding hydrogens is 489 g/mol. The minimum atomic E-state index is -4.59. The Labute approximate surface area is 203 Å². The molecule has 0 spiro atoms. The van der Waals surface area contributed by atoms with E-state index in [4.69, 9.17) is 16.3 Å². The monoisotopic (exact) mass is 516 g/mol. The first kappa shape index (κ1) is 25.3. The number of ether oxygens (including phenoxy) is 1. The highest BCUT2D eigenvalue weighted by molar-refractivity contribution is 7.89. The highest BCUT2D eigenvalue weighted by Crippen LogP contribution is 2.37. The van der Waals surface area contributed by atoms with Crippen LogP contribution in [0.2, 0.25) is 5.02 Å². The molecule has 1 N–H and O–H groups in total. The molecule has 4 rings (SSSR count). The zero-order chi connectivity index (χ0) is 24.3. The SMILES string of the molecule is O=S(=O)(NCCC1CC(Oc2cccc(CN3CCCC3)c2Cl)C1)c1cccc(C(F)(F)F)c1. The van der Waals surface area contributed by atoms with Crippen molar-refractivity contribution in [2.75, 3.05) is 19.6 Å². The molecule has 0 atom stereocenters. The van der Waals surface area contributed by atoms with Gasteiger partial charge >= 0.3 is 6.18 Å². The Morgan fingerprint density at radius 3 is 2.50 bits per heavy atom. The van der Waals surface area contributed by atoms with Gasteiger partial charge in [-0.25, -0.2) is 13.1 Å². The standard InChI is InChI=1S/C24H28ClF3N2O3S/c25-23-18(16-30-11-1-2-12-30)5-3-8-22(23)33-20-13-17(14-20)9-10-29-34(31,32)21-7-4-6-19(15-21)24(26,27)28/h3-8,15,17,20,29H,1-2,9-14,16H2. The van der Waals surface area contributed by atoms with Crippen molar-refractivity contribution in [3.63, 3.8) is 0 Å². The summed E-state index contributed by atoms with van der Waals surface area (Å²) in [7, 11) is -4.01. The Kier molecular flexibility index (Phi) is 7.76. The van der Waals surface area contributed by atoms with E-state index in [0.717, 1.165) is 56.2 Å². The highest BCUT2D eigenvalue weighted by atomic mass is 35.5. The normalized spacial score (nSPS) is 21.4. The molecule has 0 aromatic heterocycles. The number of benzene rings is 2. The summed E-state index contributed by atoms with van der Waals surface area (Å²) >= 11 is 6.58. The second kappa shape index (κ2) is 10.4. The lowest BCUT2D eigenvalue weighted by atomic mass is 9.80. The molecule has 5 nitrogen and oxygen atoms in total. The number of likely N-dealkylation sites (tertiary alicyclic amines) is 1. The van der Waals surface area contributed by atoms with Crippen molar-refractivity contribution in [1.29, 1.82) is 0 Å². The molecular formula is C24H28ClF3N2O3S. The lowest BCUT2D eigenvalue weighted by Crippen LogP contribution is -2.36. The summed E-state index contributed by atoms with van der Waals surface area (Å²) in [5.41, 5.74) is 0.0680. The van der Waals surface area contributed by atoms with Crippen LogP contribution in [-0.4, -0.2) is 39.1 Å². The number of halogens is 4. The fourth-order valence-electron chi connectivity index (χ4n) is 4.46. The van der Waals surface area contributed by atoms with Gasteiger partial charge in [0, 0.05) is 13.1 Å². The lowest BCUT2D eigenvalue weighted by molar-refractivity contribution is -0.137. The van der Waals surface area contributed by atoms with Gasteiger partial charge in [0.15, 0.2) is 0 Å². The van der Waals surface area contributed by atoms with Crippen LogP contribution in [0.5, 0.6) is 5.75 Å². The minimum absolute atomic E-state index is 0.0182. The molecule has 2 aliphatic rings. The summed E-state index contributed by atoms with van der Waals surface area (Å²) in [6.45, 7) is 3.14. The second-order valence-electron chi connectivity index (χ2n) is 9.00. The average molecular weight is 517 g/mol. The van der Waals surface area contributed by atoms with Crippen molar-refractivity contribution in [3.8, 4) is 5.75 Å².